The lowest BCUT2D eigenvalue weighted by Gasteiger charge is -2.12. The molecule has 0 fully saturated rings. The van der Waals surface area contributed by atoms with Crippen molar-refractivity contribution in [3.63, 3.8) is 0 Å². The van der Waals surface area contributed by atoms with Gasteiger partial charge in [0.25, 0.3) is 0 Å². The van der Waals surface area contributed by atoms with Crippen molar-refractivity contribution in [2.75, 3.05) is 12.3 Å². The summed E-state index contributed by atoms with van der Waals surface area (Å²) < 4.78 is 5.61. The highest BCUT2D eigenvalue weighted by atomic mass is 16.5. The summed E-state index contributed by atoms with van der Waals surface area (Å²) in [5, 5.41) is 0. The first-order valence-corrected chi connectivity index (χ1v) is 5.16. The van der Waals surface area contributed by atoms with Gasteiger partial charge < -0.3 is 10.5 Å². The van der Waals surface area contributed by atoms with Crippen molar-refractivity contribution in [3.05, 3.63) is 23.3 Å². The molecule has 1 aliphatic heterocycles. The van der Waals surface area contributed by atoms with Gasteiger partial charge in [-0.2, -0.15) is 0 Å². The van der Waals surface area contributed by atoms with E-state index in [0.29, 0.717) is 11.8 Å². The number of fused-ring (bicyclic) bond motifs is 1. The normalized spacial score (nSPS) is 19.6. The standard InChI is InChI=1S/C12H17NO/c1-7(2)9-4-5-10-8(3)6-14-12(10)11(9)13/h4-5,7-8H,6,13H2,1-3H3/t8-/m1/s1. The number of nitrogens with two attached hydrogens (primary N) is 1. The van der Waals surface area contributed by atoms with Gasteiger partial charge in [0, 0.05) is 11.5 Å². The third-order valence-corrected chi connectivity index (χ3v) is 2.89. The fourth-order valence-electron chi connectivity index (χ4n) is 1.98. The number of benzene rings is 1. The molecule has 76 valence electrons. The Hall–Kier alpha value is -1.18. The average molecular weight is 191 g/mol. The largest absolute Gasteiger partial charge is 0.490 e. The molecule has 0 unspecified atom stereocenters. The summed E-state index contributed by atoms with van der Waals surface area (Å²) in [6, 6.07) is 4.28. The predicted octanol–water partition coefficient (Wildman–Crippen LogP) is 2.89. The molecule has 2 nitrogen and oxygen atoms in total. The zero-order chi connectivity index (χ0) is 10.3. The molecule has 0 aliphatic carbocycles. The summed E-state index contributed by atoms with van der Waals surface area (Å²) in [4.78, 5) is 0. The van der Waals surface area contributed by atoms with Crippen LogP contribution in [0.25, 0.3) is 0 Å². The molecular weight excluding hydrogens is 174 g/mol. The van der Waals surface area contributed by atoms with E-state index in [2.05, 4.69) is 32.9 Å². The molecule has 1 aliphatic rings. The molecule has 0 saturated carbocycles. The molecule has 0 radical (unpaired) electrons. The Morgan fingerprint density at radius 3 is 2.79 bits per heavy atom. The molecule has 2 heteroatoms. The number of rotatable bonds is 1. The molecule has 0 bridgehead atoms. The number of ether oxygens (including phenoxy) is 1. The van der Waals surface area contributed by atoms with Crippen molar-refractivity contribution in [2.24, 2.45) is 0 Å². The highest BCUT2D eigenvalue weighted by molar-refractivity contribution is 5.65. The summed E-state index contributed by atoms with van der Waals surface area (Å²) in [5.74, 6) is 1.86. The van der Waals surface area contributed by atoms with Crippen LogP contribution >= 0.6 is 0 Å². The fraction of sp³-hybridized carbons (Fsp3) is 0.500. The molecule has 1 aromatic carbocycles. The van der Waals surface area contributed by atoms with Crippen LogP contribution in [0, 0.1) is 0 Å². The number of anilines is 1. The van der Waals surface area contributed by atoms with Crippen molar-refractivity contribution in [2.45, 2.75) is 32.6 Å². The summed E-state index contributed by atoms with van der Waals surface area (Å²) in [7, 11) is 0. The van der Waals surface area contributed by atoms with Crippen molar-refractivity contribution in [1.82, 2.24) is 0 Å². The van der Waals surface area contributed by atoms with Gasteiger partial charge in [-0.3, -0.25) is 0 Å². The minimum atomic E-state index is 0.458. The zero-order valence-electron chi connectivity index (χ0n) is 9.00. The van der Waals surface area contributed by atoms with Gasteiger partial charge in [-0.05, 0) is 11.5 Å². The average Bonchev–Trinajstić information content (AvgIpc) is 2.49. The maximum absolute atomic E-state index is 6.07. The molecule has 0 aromatic heterocycles. The Morgan fingerprint density at radius 2 is 2.14 bits per heavy atom. The molecule has 2 N–H and O–H groups in total. The van der Waals surface area contributed by atoms with Crippen LogP contribution in [-0.4, -0.2) is 6.61 Å². The van der Waals surface area contributed by atoms with E-state index in [-0.39, 0.29) is 0 Å². The van der Waals surface area contributed by atoms with Crippen LogP contribution in [0.15, 0.2) is 12.1 Å². The smallest absolute Gasteiger partial charge is 0.146 e. The zero-order valence-corrected chi connectivity index (χ0v) is 9.00. The monoisotopic (exact) mass is 191 g/mol. The van der Waals surface area contributed by atoms with Gasteiger partial charge in [-0.1, -0.05) is 32.9 Å². The van der Waals surface area contributed by atoms with Crippen molar-refractivity contribution in [1.29, 1.82) is 0 Å². The van der Waals surface area contributed by atoms with Crippen molar-refractivity contribution in [3.8, 4) is 5.75 Å². The summed E-state index contributed by atoms with van der Waals surface area (Å²) in [6.45, 7) is 7.23. The van der Waals surface area contributed by atoms with Gasteiger partial charge in [0.2, 0.25) is 0 Å². The molecule has 1 aromatic rings. The Balaban J connectivity index is 2.53. The topological polar surface area (TPSA) is 35.2 Å². The predicted molar refractivity (Wildman–Crippen MR) is 58.9 cm³/mol. The van der Waals surface area contributed by atoms with E-state index in [1.165, 1.54) is 11.1 Å². The van der Waals surface area contributed by atoms with Crippen LogP contribution in [-0.2, 0) is 0 Å². The first-order valence-electron chi connectivity index (χ1n) is 5.16. The van der Waals surface area contributed by atoms with E-state index in [1.54, 1.807) is 0 Å². The quantitative estimate of drug-likeness (QED) is 0.693. The fourth-order valence-corrected chi connectivity index (χ4v) is 1.98. The van der Waals surface area contributed by atoms with Gasteiger partial charge in [-0.25, -0.2) is 0 Å². The highest BCUT2D eigenvalue weighted by Crippen LogP contribution is 2.41. The van der Waals surface area contributed by atoms with E-state index in [0.717, 1.165) is 18.0 Å². The van der Waals surface area contributed by atoms with E-state index in [1.807, 2.05) is 0 Å². The van der Waals surface area contributed by atoms with Crippen molar-refractivity contribution < 1.29 is 4.74 Å². The molecule has 1 atom stereocenters. The lowest BCUT2D eigenvalue weighted by atomic mass is 9.95. The van der Waals surface area contributed by atoms with Gasteiger partial charge in [0.1, 0.15) is 5.75 Å². The second-order valence-electron chi connectivity index (χ2n) is 4.35. The highest BCUT2D eigenvalue weighted by Gasteiger charge is 2.24. The van der Waals surface area contributed by atoms with E-state index in [4.69, 9.17) is 10.5 Å². The van der Waals surface area contributed by atoms with Crippen LogP contribution in [0.1, 0.15) is 43.7 Å². The van der Waals surface area contributed by atoms with Gasteiger partial charge in [-0.15, -0.1) is 0 Å². The first-order chi connectivity index (χ1) is 6.61. The Morgan fingerprint density at radius 1 is 1.43 bits per heavy atom. The third kappa shape index (κ3) is 1.26. The Bertz CT molecular complexity index is 358. The van der Waals surface area contributed by atoms with Crippen LogP contribution in [0.5, 0.6) is 5.75 Å². The molecule has 0 amide bonds. The second-order valence-corrected chi connectivity index (χ2v) is 4.35. The number of nitrogen functional groups attached to an aromatic ring is 1. The maximum atomic E-state index is 6.07. The number of hydrogen-bond acceptors (Lipinski definition) is 2. The minimum absolute atomic E-state index is 0.458. The van der Waals surface area contributed by atoms with Gasteiger partial charge in [0.05, 0.1) is 12.3 Å². The molecule has 2 rings (SSSR count). The van der Waals surface area contributed by atoms with Crippen LogP contribution < -0.4 is 10.5 Å². The van der Waals surface area contributed by atoms with E-state index >= 15 is 0 Å². The lowest BCUT2D eigenvalue weighted by Crippen LogP contribution is -1.99. The Kier molecular flexibility index (Phi) is 2.14. The molecular formula is C12H17NO. The van der Waals surface area contributed by atoms with Crippen LogP contribution in [0.4, 0.5) is 5.69 Å². The molecule has 1 heterocycles. The first kappa shape index (κ1) is 9.38. The summed E-state index contributed by atoms with van der Waals surface area (Å²) in [6.07, 6.45) is 0. The minimum Gasteiger partial charge on any atom is -0.490 e. The molecule has 14 heavy (non-hydrogen) atoms. The summed E-state index contributed by atoms with van der Waals surface area (Å²) in [5.41, 5.74) is 9.36. The van der Waals surface area contributed by atoms with E-state index in [9.17, 15) is 0 Å². The Labute approximate surface area is 85.1 Å². The molecule has 0 saturated heterocycles. The molecule has 0 spiro atoms. The SMILES string of the molecule is CC(C)c1ccc2c(c1N)OC[C@H]2C. The third-order valence-electron chi connectivity index (χ3n) is 2.89. The maximum Gasteiger partial charge on any atom is 0.146 e. The second kappa shape index (κ2) is 3.19. The van der Waals surface area contributed by atoms with Gasteiger partial charge in [0.15, 0.2) is 0 Å². The van der Waals surface area contributed by atoms with Crippen LogP contribution in [0.3, 0.4) is 0 Å². The summed E-state index contributed by atoms with van der Waals surface area (Å²) >= 11 is 0. The van der Waals surface area contributed by atoms with Crippen LogP contribution in [0.2, 0.25) is 0 Å². The van der Waals surface area contributed by atoms with Gasteiger partial charge >= 0.3 is 0 Å². The van der Waals surface area contributed by atoms with Crippen molar-refractivity contribution >= 4 is 5.69 Å². The number of hydrogen-bond donors (Lipinski definition) is 1. The van der Waals surface area contributed by atoms with E-state index < -0.39 is 0 Å². The lowest BCUT2D eigenvalue weighted by molar-refractivity contribution is 0.338.